The van der Waals surface area contributed by atoms with E-state index in [1.807, 2.05) is 12.1 Å². The molecule has 0 aliphatic rings. The van der Waals surface area contributed by atoms with Gasteiger partial charge in [-0.05, 0) is 43.7 Å². The third-order valence-electron chi connectivity index (χ3n) is 3.10. The van der Waals surface area contributed by atoms with Crippen LogP contribution in [-0.4, -0.2) is 7.11 Å². The van der Waals surface area contributed by atoms with Gasteiger partial charge in [-0.25, -0.2) is 0 Å². The van der Waals surface area contributed by atoms with Crippen LogP contribution in [0.4, 0.5) is 0 Å². The van der Waals surface area contributed by atoms with Crippen LogP contribution in [0, 0.1) is 18.8 Å². The van der Waals surface area contributed by atoms with Crippen LogP contribution in [0.15, 0.2) is 48.5 Å². The maximum atomic E-state index is 5.15. The molecular weight excluding hydrogens is 232 g/mol. The first-order valence-electron chi connectivity index (χ1n) is 6.41. The van der Waals surface area contributed by atoms with Gasteiger partial charge in [0.15, 0.2) is 0 Å². The van der Waals surface area contributed by atoms with Crippen LogP contribution in [0.25, 0.3) is 0 Å². The monoisotopic (exact) mass is 250 g/mol. The zero-order valence-corrected chi connectivity index (χ0v) is 11.6. The summed E-state index contributed by atoms with van der Waals surface area (Å²) in [6.07, 6.45) is 0. The van der Waals surface area contributed by atoms with Crippen LogP contribution < -0.4 is 4.74 Å². The highest BCUT2D eigenvalue weighted by molar-refractivity contribution is 5.39. The zero-order chi connectivity index (χ0) is 13.7. The summed E-state index contributed by atoms with van der Waals surface area (Å²) < 4.78 is 5.15. The molecule has 0 bridgehead atoms. The fourth-order valence-corrected chi connectivity index (χ4v) is 1.80. The SMILES string of the molecule is COc1ccc(C(C)C#Cc2ccc(C)cc2)cc1. The number of rotatable bonds is 2. The number of ether oxygens (including phenoxy) is 1. The molecule has 1 heteroatoms. The van der Waals surface area contributed by atoms with Gasteiger partial charge in [-0.1, -0.05) is 41.7 Å². The topological polar surface area (TPSA) is 9.23 Å². The van der Waals surface area contributed by atoms with E-state index in [0.29, 0.717) is 0 Å². The second-order valence-electron chi connectivity index (χ2n) is 4.63. The lowest BCUT2D eigenvalue weighted by atomic mass is 10.0. The summed E-state index contributed by atoms with van der Waals surface area (Å²) >= 11 is 0. The maximum Gasteiger partial charge on any atom is 0.118 e. The van der Waals surface area contributed by atoms with Crippen LogP contribution in [0.5, 0.6) is 5.75 Å². The van der Waals surface area contributed by atoms with E-state index in [-0.39, 0.29) is 5.92 Å². The molecule has 0 N–H and O–H groups in total. The Morgan fingerprint density at radius 3 is 2.16 bits per heavy atom. The highest BCUT2D eigenvalue weighted by Gasteiger charge is 2.01. The second-order valence-corrected chi connectivity index (χ2v) is 4.63. The molecule has 0 aliphatic carbocycles. The molecule has 0 saturated heterocycles. The van der Waals surface area contributed by atoms with Crippen LogP contribution in [0.2, 0.25) is 0 Å². The molecule has 0 saturated carbocycles. The fourth-order valence-electron chi connectivity index (χ4n) is 1.80. The molecule has 1 unspecified atom stereocenters. The van der Waals surface area contributed by atoms with Crippen molar-refractivity contribution in [2.24, 2.45) is 0 Å². The number of benzene rings is 2. The molecule has 0 spiro atoms. The van der Waals surface area contributed by atoms with E-state index >= 15 is 0 Å². The Morgan fingerprint density at radius 2 is 1.58 bits per heavy atom. The average Bonchev–Trinajstić information content (AvgIpc) is 2.46. The van der Waals surface area contributed by atoms with E-state index in [9.17, 15) is 0 Å². The molecule has 0 amide bonds. The molecule has 1 atom stereocenters. The standard InChI is InChI=1S/C18H18O/c1-14-4-7-16(8-5-14)9-6-15(2)17-10-12-18(19-3)13-11-17/h4-5,7-8,10-13,15H,1-3H3. The van der Waals surface area contributed by atoms with Crippen molar-refractivity contribution in [3.05, 3.63) is 65.2 Å². The van der Waals surface area contributed by atoms with Crippen molar-refractivity contribution < 1.29 is 4.74 Å². The Labute approximate surface area is 115 Å². The first-order valence-corrected chi connectivity index (χ1v) is 6.41. The van der Waals surface area contributed by atoms with Gasteiger partial charge in [0, 0.05) is 11.5 Å². The van der Waals surface area contributed by atoms with Gasteiger partial charge in [-0.15, -0.1) is 0 Å². The Balaban J connectivity index is 2.12. The lowest BCUT2D eigenvalue weighted by molar-refractivity contribution is 0.414. The molecule has 0 fully saturated rings. The highest BCUT2D eigenvalue weighted by atomic mass is 16.5. The first kappa shape index (κ1) is 13.2. The Hall–Kier alpha value is -2.20. The molecule has 0 radical (unpaired) electrons. The summed E-state index contributed by atoms with van der Waals surface area (Å²) in [6.45, 7) is 4.19. The molecule has 0 aromatic heterocycles. The van der Waals surface area contributed by atoms with E-state index in [1.54, 1.807) is 7.11 Å². The number of aryl methyl sites for hydroxylation is 1. The molecule has 2 aromatic rings. The predicted molar refractivity (Wildman–Crippen MR) is 79.5 cm³/mol. The minimum Gasteiger partial charge on any atom is -0.497 e. The van der Waals surface area contributed by atoms with E-state index < -0.39 is 0 Å². The Morgan fingerprint density at radius 1 is 0.947 bits per heavy atom. The summed E-state index contributed by atoms with van der Waals surface area (Å²) in [6, 6.07) is 16.4. The number of methoxy groups -OCH3 is 1. The third kappa shape index (κ3) is 3.63. The maximum absolute atomic E-state index is 5.15. The molecule has 2 rings (SSSR count). The van der Waals surface area contributed by atoms with Crippen molar-refractivity contribution in [2.75, 3.05) is 7.11 Å². The summed E-state index contributed by atoms with van der Waals surface area (Å²) in [7, 11) is 1.68. The van der Waals surface area contributed by atoms with E-state index in [0.717, 1.165) is 11.3 Å². The minimum absolute atomic E-state index is 0.215. The van der Waals surface area contributed by atoms with Crippen LogP contribution in [-0.2, 0) is 0 Å². The van der Waals surface area contributed by atoms with Gasteiger partial charge in [0.05, 0.1) is 7.11 Å². The van der Waals surface area contributed by atoms with Crippen molar-refractivity contribution in [3.8, 4) is 17.6 Å². The molecule has 0 heterocycles. The van der Waals surface area contributed by atoms with Crippen molar-refractivity contribution in [3.63, 3.8) is 0 Å². The van der Waals surface area contributed by atoms with Crippen molar-refractivity contribution >= 4 is 0 Å². The second kappa shape index (κ2) is 6.11. The lowest BCUT2D eigenvalue weighted by Gasteiger charge is -2.05. The molecule has 1 nitrogen and oxygen atoms in total. The van der Waals surface area contributed by atoms with Crippen LogP contribution in [0.3, 0.4) is 0 Å². The predicted octanol–water partition coefficient (Wildman–Crippen LogP) is 4.16. The normalized spacial score (nSPS) is 11.3. The zero-order valence-electron chi connectivity index (χ0n) is 11.6. The molecule has 96 valence electrons. The van der Waals surface area contributed by atoms with Gasteiger partial charge < -0.3 is 4.74 Å². The summed E-state index contributed by atoms with van der Waals surface area (Å²) in [5.41, 5.74) is 3.53. The Bertz CT molecular complexity index is 582. The summed E-state index contributed by atoms with van der Waals surface area (Å²) in [5, 5.41) is 0. The van der Waals surface area contributed by atoms with Gasteiger partial charge >= 0.3 is 0 Å². The van der Waals surface area contributed by atoms with Gasteiger partial charge in [0.1, 0.15) is 5.75 Å². The summed E-state index contributed by atoms with van der Waals surface area (Å²) in [5.74, 6) is 7.59. The molecular formula is C18H18O. The highest BCUT2D eigenvalue weighted by Crippen LogP contribution is 2.18. The smallest absolute Gasteiger partial charge is 0.118 e. The molecule has 0 aliphatic heterocycles. The third-order valence-corrected chi connectivity index (χ3v) is 3.10. The quantitative estimate of drug-likeness (QED) is 0.727. The number of hydrogen-bond acceptors (Lipinski definition) is 1. The van der Waals surface area contributed by atoms with Gasteiger partial charge in [-0.3, -0.25) is 0 Å². The van der Waals surface area contributed by atoms with Crippen LogP contribution in [0.1, 0.15) is 29.5 Å². The number of hydrogen-bond donors (Lipinski definition) is 0. The Kier molecular flexibility index (Phi) is 4.26. The van der Waals surface area contributed by atoms with Gasteiger partial charge in [-0.2, -0.15) is 0 Å². The van der Waals surface area contributed by atoms with Gasteiger partial charge in [0.2, 0.25) is 0 Å². The van der Waals surface area contributed by atoms with Gasteiger partial charge in [0.25, 0.3) is 0 Å². The molecule has 19 heavy (non-hydrogen) atoms. The van der Waals surface area contributed by atoms with E-state index in [2.05, 4.69) is 62.1 Å². The van der Waals surface area contributed by atoms with Crippen molar-refractivity contribution in [2.45, 2.75) is 19.8 Å². The lowest BCUT2D eigenvalue weighted by Crippen LogP contribution is -1.90. The van der Waals surface area contributed by atoms with E-state index in [1.165, 1.54) is 11.1 Å². The largest absolute Gasteiger partial charge is 0.497 e. The fraction of sp³-hybridized carbons (Fsp3) is 0.222. The van der Waals surface area contributed by atoms with E-state index in [4.69, 9.17) is 4.74 Å². The summed E-state index contributed by atoms with van der Waals surface area (Å²) in [4.78, 5) is 0. The molecule has 2 aromatic carbocycles. The average molecular weight is 250 g/mol. The first-order chi connectivity index (χ1) is 9.19. The van der Waals surface area contributed by atoms with Crippen molar-refractivity contribution in [1.29, 1.82) is 0 Å². The minimum atomic E-state index is 0.215. The van der Waals surface area contributed by atoms with Crippen LogP contribution >= 0.6 is 0 Å². The van der Waals surface area contributed by atoms with Crippen molar-refractivity contribution in [1.82, 2.24) is 0 Å².